The number of benzene rings is 2. The Balaban J connectivity index is 1.49. The van der Waals surface area contributed by atoms with Gasteiger partial charge in [0.15, 0.2) is 6.61 Å². The second-order valence-electron chi connectivity index (χ2n) is 8.41. The lowest BCUT2D eigenvalue weighted by atomic mass is 10.1. The zero-order chi connectivity index (χ0) is 25.4. The van der Waals surface area contributed by atoms with Gasteiger partial charge in [-0.15, -0.1) is 0 Å². The molecular formula is C26H29ClN2O6. The highest BCUT2D eigenvalue weighted by molar-refractivity contribution is 6.31. The van der Waals surface area contributed by atoms with E-state index in [1.165, 1.54) is 4.90 Å². The van der Waals surface area contributed by atoms with Crippen molar-refractivity contribution >= 4 is 46.7 Å². The molecule has 1 atom stereocenters. The molecule has 186 valence electrons. The zero-order valence-corrected chi connectivity index (χ0v) is 20.6. The van der Waals surface area contributed by atoms with Crippen LogP contribution in [0.15, 0.2) is 42.5 Å². The maximum Gasteiger partial charge on any atom is 0.338 e. The van der Waals surface area contributed by atoms with Gasteiger partial charge in [-0.25, -0.2) is 4.79 Å². The molecule has 0 spiro atoms. The first-order chi connectivity index (χ1) is 16.8. The number of nitrogens with zero attached hydrogens (tertiary/aromatic N) is 1. The van der Waals surface area contributed by atoms with Crippen molar-refractivity contribution in [1.82, 2.24) is 0 Å². The maximum atomic E-state index is 12.5. The van der Waals surface area contributed by atoms with Gasteiger partial charge in [-0.3, -0.25) is 14.4 Å². The summed E-state index contributed by atoms with van der Waals surface area (Å²) in [5.74, 6) is -2.45. The Morgan fingerprint density at radius 3 is 2.54 bits per heavy atom. The fourth-order valence-electron chi connectivity index (χ4n) is 3.66. The van der Waals surface area contributed by atoms with Gasteiger partial charge in [0.05, 0.1) is 18.1 Å². The molecule has 0 bridgehead atoms. The number of aryl methyl sites for hydroxylation is 1. The second-order valence-corrected chi connectivity index (χ2v) is 8.85. The van der Waals surface area contributed by atoms with E-state index in [4.69, 9.17) is 21.1 Å². The summed E-state index contributed by atoms with van der Waals surface area (Å²) < 4.78 is 10.4. The van der Waals surface area contributed by atoms with E-state index in [2.05, 4.69) is 12.2 Å². The van der Waals surface area contributed by atoms with Gasteiger partial charge in [0.1, 0.15) is 0 Å². The minimum atomic E-state index is -0.689. The molecule has 1 heterocycles. The van der Waals surface area contributed by atoms with E-state index in [1.807, 2.05) is 6.92 Å². The van der Waals surface area contributed by atoms with E-state index < -0.39 is 30.4 Å². The molecule has 2 aromatic rings. The summed E-state index contributed by atoms with van der Waals surface area (Å²) >= 11 is 5.95. The van der Waals surface area contributed by atoms with Crippen LogP contribution in [0.2, 0.25) is 5.02 Å². The van der Waals surface area contributed by atoms with Crippen LogP contribution in [-0.4, -0.2) is 43.5 Å². The van der Waals surface area contributed by atoms with Crippen molar-refractivity contribution in [3.05, 3.63) is 58.6 Å². The van der Waals surface area contributed by atoms with Crippen molar-refractivity contribution in [2.24, 2.45) is 5.92 Å². The fourth-order valence-corrected chi connectivity index (χ4v) is 3.83. The molecule has 0 radical (unpaired) electrons. The average molecular weight is 501 g/mol. The Morgan fingerprint density at radius 2 is 1.83 bits per heavy atom. The molecule has 3 rings (SSSR count). The predicted molar refractivity (Wildman–Crippen MR) is 132 cm³/mol. The lowest BCUT2D eigenvalue weighted by Gasteiger charge is -2.17. The van der Waals surface area contributed by atoms with Gasteiger partial charge in [0, 0.05) is 29.4 Å². The number of carbonyl (C=O) groups excluding carboxylic acids is 4. The summed E-state index contributed by atoms with van der Waals surface area (Å²) in [5, 5.41) is 3.13. The molecule has 1 aliphatic heterocycles. The van der Waals surface area contributed by atoms with Crippen LogP contribution >= 0.6 is 11.6 Å². The van der Waals surface area contributed by atoms with Crippen LogP contribution in [-0.2, 0) is 23.9 Å². The third-order valence-corrected chi connectivity index (χ3v) is 5.91. The zero-order valence-electron chi connectivity index (χ0n) is 19.8. The van der Waals surface area contributed by atoms with Crippen molar-refractivity contribution in [1.29, 1.82) is 0 Å². The molecule has 35 heavy (non-hydrogen) atoms. The number of halogens is 1. The molecule has 9 heteroatoms. The van der Waals surface area contributed by atoms with Crippen LogP contribution in [0.3, 0.4) is 0 Å². The number of ether oxygens (including phenoxy) is 2. The smallest absolute Gasteiger partial charge is 0.338 e. The standard InChI is InChI=1S/C26H29ClN2O6/c1-3-4-5-12-34-25(32)18-7-10-21(11-8-18)29-15-19(13-24(29)31)26(33)35-16-23(30)28-22-14-20(27)9-6-17(22)2/h6-11,14,19H,3-5,12-13,15-16H2,1-2H3,(H,28,30)/t19-/m0/s1. The lowest BCUT2D eigenvalue weighted by molar-refractivity contribution is -0.151. The third kappa shape index (κ3) is 7.29. The van der Waals surface area contributed by atoms with E-state index in [9.17, 15) is 19.2 Å². The molecule has 1 saturated heterocycles. The largest absolute Gasteiger partial charge is 0.462 e. The van der Waals surface area contributed by atoms with Crippen LogP contribution in [0, 0.1) is 12.8 Å². The number of carbonyl (C=O) groups is 4. The van der Waals surface area contributed by atoms with Crippen molar-refractivity contribution in [3.63, 3.8) is 0 Å². The van der Waals surface area contributed by atoms with Crippen molar-refractivity contribution in [2.45, 2.75) is 39.5 Å². The molecule has 8 nitrogen and oxygen atoms in total. The highest BCUT2D eigenvalue weighted by Crippen LogP contribution is 2.26. The molecule has 0 saturated carbocycles. The molecule has 1 aliphatic rings. The second kappa shape index (κ2) is 12.4. The minimum Gasteiger partial charge on any atom is -0.462 e. The van der Waals surface area contributed by atoms with E-state index in [0.29, 0.717) is 28.6 Å². The maximum absolute atomic E-state index is 12.5. The van der Waals surface area contributed by atoms with Gasteiger partial charge in [-0.2, -0.15) is 0 Å². The molecule has 0 aliphatic carbocycles. The Morgan fingerprint density at radius 1 is 1.09 bits per heavy atom. The summed E-state index contributed by atoms with van der Waals surface area (Å²) in [6.45, 7) is 3.93. The summed E-state index contributed by atoms with van der Waals surface area (Å²) in [6, 6.07) is 11.6. The number of rotatable bonds is 10. The van der Waals surface area contributed by atoms with E-state index in [-0.39, 0.29) is 18.9 Å². The first kappa shape index (κ1) is 26.2. The normalized spacial score (nSPS) is 15.1. The molecule has 2 aromatic carbocycles. The Kier molecular flexibility index (Phi) is 9.25. The summed E-state index contributed by atoms with van der Waals surface area (Å²) in [4.78, 5) is 50.7. The first-order valence-corrected chi connectivity index (χ1v) is 12.0. The van der Waals surface area contributed by atoms with Crippen LogP contribution < -0.4 is 10.2 Å². The van der Waals surface area contributed by atoms with Gasteiger partial charge < -0.3 is 19.7 Å². The van der Waals surface area contributed by atoms with Crippen LogP contribution in [0.25, 0.3) is 0 Å². The van der Waals surface area contributed by atoms with Crippen LogP contribution in [0.4, 0.5) is 11.4 Å². The van der Waals surface area contributed by atoms with E-state index in [1.54, 1.807) is 42.5 Å². The van der Waals surface area contributed by atoms with Gasteiger partial charge in [-0.1, -0.05) is 37.4 Å². The number of anilines is 2. The summed E-state index contributed by atoms with van der Waals surface area (Å²) in [6.07, 6.45) is 2.84. The molecule has 0 unspecified atom stereocenters. The van der Waals surface area contributed by atoms with Crippen molar-refractivity contribution in [2.75, 3.05) is 30.0 Å². The van der Waals surface area contributed by atoms with Crippen LogP contribution in [0.5, 0.6) is 0 Å². The Bertz CT molecular complexity index is 1090. The number of amides is 2. The number of nitrogens with one attached hydrogen (secondary N) is 1. The monoisotopic (exact) mass is 500 g/mol. The van der Waals surface area contributed by atoms with Crippen LogP contribution in [0.1, 0.15) is 48.5 Å². The molecule has 2 amide bonds. The lowest BCUT2D eigenvalue weighted by Crippen LogP contribution is -2.28. The predicted octanol–water partition coefficient (Wildman–Crippen LogP) is 4.53. The Labute approximate surface area is 209 Å². The quantitative estimate of drug-likeness (QED) is 0.380. The summed E-state index contributed by atoms with van der Waals surface area (Å²) in [5.41, 5.74) is 2.33. The molecule has 1 N–H and O–H groups in total. The number of hydrogen-bond donors (Lipinski definition) is 1. The highest BCUT2D eigenvalue weighted by atomic mass is 35.5. The van der Waals surface area contributed by atoms with Gasteiger partial charge >= 0.3 is 11.9 Å². The van der Waals surface area contributed by atoms with Crippen molar-refractivity contribution in [3.8, 4) is 0 Å². The van der Waals surface area contributed by atoms with Gasteiger partial charge in [0.2, 0.25) is 5.91 Å². The number of unbranched alkanes of at least 4 members (excludes halogenated alkanes) is 2. The highest BCUT2D eigenvalue weighted by Gasteiger charge is 2.36. The Hall–Kier alpha value is -3.39. The molecular weight excluding hydrogens is 472 g/mol. The molecule has 0 aromatic heterocycles. The molecule has 1 fully saturated rings. The minimum absolute atomic E-state index is 0.0188. The first-order valence-electron chi connectivity index (χ1n) is 11.6. The number of hydrogen-bond acceptors (Lipinski definition) is 6. The number of esters is 2. The fraction of sp³-hybridized carbons (Fsp3) is 0.385. The average Bonchev–Trinajstić information content (AvgIpc) is 3.24. The van der Waals surface area contributed by atoms with E-state index >= 15 is 0 Å². The topological polar surface area (TPSA) is 102 Å². The van der Waals surface area contributed by atoms with E-state index in [0.717, 1.165) is 24.8 Å². The van der Waals surface area contributed by atoms with Crippen molar-refractivity contribution < 1.29 is 28.7 Å². The summed E-state index contributed by atoms with van der Waals surface area (Å²) in [7, 11) is 0. The SMILES string of the molecule is CCCCCOC(=O)c1ccc(N2C[C@@H](C(=O)OCC(=O)Nc3cc(Cl)ccc3C)CC2=O)cc1. The van der Waals surface area contributed by atoms with Gasteiger partial charge in [0.25, 0.3) is 5.91 Å². The third-order valence-electron chi connectivity index (χ3n) is 5.67. The van der Waals surface area contributed by atoms with Gasteiger partial charge in [-0.05, 0) is 55.3 Å².